The van der Waals surface area contributed by atoms with Crippen molar-refractivity contribution in [2.45, 2.75) is 51.6 Å². The van der Waals surface area contributed by atoms with Gasteiger partial charge in [-0.1, -0.05) is 57.5 Å². The molecule has 7 nitrogen and oxygen atoms in total. The second kappa shape index (κ2) is 7.78. The van der Waals surface area contributed by atoms with E-state index < -0.39 is 35.5 Å². The average molecular weight is 370 g/mol. The van der Waals surface area contributed by atoms with E-state index in [-0.39, 0.29) is 5.92 Å². The van der Waals surface area contributed by atoms with E-state index in [0.717, 1.165) is 4.90 Å². The minimum Gasteiger partial charge on any atom is -0.336 e. The lowest BCUT2D eigenvalue weighted by molar-refractivity contribution is -0.136. The molecule has 1 fully saturated rings. The van der Waals surface area contributed by atoms with Crippen molar-refractivity contribution < 1.29 is 14.4 Å². The van der Waals surface area contributed by atoms with Crippen LogP contribution in [0.15, 0.2) is 30.3 Å². The van der Waals surface area contributed by atoms with E-state index in [0.29, 0.717) is 18.4 Å². The van der Waals surface area contributed by atoms with Gasteiger partial charge in [-0.2, -0.15) is 5.26 Å². The molecule has 4 amide bonds. The van der Waals surface area contributed by atoms with Crippen molar-refractivity contribution in [2.75, 3.05) is 6.54 Å². The molecule has 0 bridgehead atoms. The molecule has 1 aliphatic rings. The van der Waals surface area contributed by atoms with E-state index in [1.807, 2.05) is 39.0 Å². The number of carbonyl (C=O) groups is 3. The molecule has 27 heavy (non-hydrogen) atoms. The zero-order chi connectivity index (χ0) is 20.2. The van der Waals surface area contributed by atoms with E-state index in [9.17, 15) is 19.6 Å². The summed E-state index contributed by atoms with van der Waals surface area (Å²) in [5.41, 5.74) is -1.54. The summed E-state index contributed by atoms with van der Waals surface area (Å²) in [6, 6.07) is 10.5. The summed E-state index contributed by atoms with van der Waals surface area (Å²) in [4.78, 5) is 39.0. The lowest BCUT2D eigenvalue weighted by atomic mass is 9.85. The maximum Gasteiger partial charge on any atom is 0.325 e. The Bertz CT molecular complexity index is 771. The summed E-state index contributed by atoms with van der Waals surface area (Å²) in [5.74, 6) is -1.12. The van der Waals surface area contributed by atoms with Crippen molar-refractivity contribution in [1.82, 2.24) is 15.5 Å². The van der Waals surface area contributed by atoms with Gasteiger partial charge < -0.3 is 10.6 Å². The topological polar surface area (TPSA) is 102 Å². The van der Waals surface area contributed by atoms with E-state index in [2.05, 4.69) is 16.7 Å². The van der Waals surface area contributed by atoms with E-state index in [4.69, 9.17) is 0 Å². The molecule has 0 unspecified atom stereocenters. The molecule has 1 aromatic rings. The largest absolute Gasteiger partial charge is 0.336 e. The number of nitrogens with one attached hydrogen (secondary N) is 2. The smallest absolute Gasteiger partial charge is 0.325 e. The molecule has 2 rings (SSSR count). The first-order valence-corrected chi connectivity index (χ1v) is 9.12. The van der Waals surface area contributed by atoms with Crippen molar-refractivity contribution >= 4 is 17.8 Å². The van der Waals surface area contributed by atoms with Crippen LogP contribution in [0.25, 0.3) is 0 Å². The molecule has 0 spiro atoms. The van der Waals surface area contributed by atoms with Crippen LogP contribution < -0.4 is 10.6 Å². The van der Waals surface area contributed by atoms with Crippen LogP contribution in [0.5, 0.6) is 0 Å². The Morgan fingerprint density at radius 1 is 1.33 bits per heavy atom. The number of rotatable bonds is 7. The molecule has 0 aliphatic carbocycles. The Kier molecular flexibility index (Phi) is 5.89. The highest BCUT2D eigenvalue weighted by Gasteiger charge is 2.52. The van der Waals surface area contributed by atoms with Gasteiger partial charge in [0, 0.05) is 0 Å². The van der Waals surface area contributed by atoms with Gasteiger partial charge in [0.1, 0.15) is 17.6 Å². The quantitative estimate of drug-likeness (QED) is 0.719. The first kappa shape index (κ1) is 20.4. The Labute approximate surface area is 159 Å². The highest BCUT2D eigenvalue weighted by Crippen LogP contribution is 2.33. The van der Waals surface area contributed by atoms with Crippen molar-refractivity contribution in [3.8, 4) is 6.07 Å². The molecule has 0 radical (unpaired) electrons. The first-order chi connectivity index (χ1) is 12.7. The molecule has 144 valence electrons. The number of benzene rings is 1. The van der Waals surface area contributed by atoms with Gasteiger partial charge in [-0.25, -0.2) is 4.79 Å². The minimum atomic E-state index is -1.16. The van der Waals surface area contributed by atoms with Crippen molar-refractivity contribution in [3.05, 3.63) is 35.9 Å². The summed E-state index contributed by atoms with van der Waals surface area (Å²) in [5, 5.41) is 14.8. The van der Waals surface area contributed by atoms with E-state index in [1.165, 1.54) is 0 Å². The predicted molar refractivity (Wildman–Crippen MR) is 100 cm³/mol. The van der Waals surface area contributed by atoms with Gasteiger partial charge in [0.05, 0.1) is 6.07 Å². The third-order valence-electron chi connectivity index (χ3n) is 5.16. The SMILES string of the molecule is CCC[C@@]1(c2ccccc2)NC(=O)N(CC(=O)N[C@](C)(C#N)C(C)C)C1=O. The third kappa shape index (κ3) is 3.80. The van der Waals surface area contributed by atoms with Crippen molar-refractivity contribution in [3.63, 3.8) is 0 Å². The number of imide groups is 1. The van der Waals surface area contributed by atoms with Gasteiger partial charge in [0.2, 0.25) is 5.91 Å². The molecule has 0 aromatic heterocycles. The lowest BCUT2D eigenvalue weighted by Gasteiger charge is -2.29. The highest BCUT2D eigenvalue weighted by molar-refractivity contribution is 6.09. The summed E-state index contributed by atoms with van der Waals surface area (Å²) in [6.45, 7) is 6.76. The third-order valence-corrected chi connectivity index (χ3v) is 5.16. The standard InChI is InChI=1S/C20H26N4O3/c1-5-11-20(15-9-7-6-8-10-15)17(26)24(18(27)23-20)12-16(25)22-19(4,13-21)14(2)3/h6-10,14H,5,11-12H2,1-4H3,(H,22,25)(H,23,27)/t19-,20+/m1/s1. The van der Waals surface area contributed by atoms with Gasteiger partial charge >= 0.3 is 6.03 Å². The number of nitrogens with zero attached hydrogens (tertiary/aromatic N) is 2. The fourth-order valence-corrected chi connectivity index (χ4v) is 3.15. The maximum absolute atomic E-state index is 13.1. The number of carbonyl (C=O) groups excluding carboxylic acids is 3. The Morgan fingerprint density at radius 2 is 1.96 bits per heavy atom. The monoisotopic (exact) mass is 370 g/mol. The Hall–Kier alpha value is -2.88. The molecule has 1 aliphatic heterocycles. The average Bonchev–Trinajstić information content (AvgIpc) is 2.87. The van der Waals surface area contributed by atoms with Crippen molar-refractivity contribution in [1.29, 1.82) is 5.26 Å². The van der Waals surface area contributed by atoms with Crippen LogP contribution in [-0.2, 0) is 15.1 Å². The highest BCUT2D eigenvalue weighted by atomic mass is 16.2. The molecular weight excluding hydrogens is 344 g/mol. The number of hydrogen-bond acceptors (Lipinski definition) is 4. The van der Waals surface area contributed by atoms with Gasteiger partial charge in [-0.05, 0) is 24.8 Å². The maximum atomic E-state index is 13.1. The molecule has 2 N–H and O–H groups in total. The van der Waals surface area contributed by atoms with Gasteiger partial charge in [0.25, 0.3) is 5.91 Å². The van der Waals surface area contributed by atoms with Crippen LogP contribution in [0.4, 0.5) is 4.79 Å². The zero-order valence-corrected chi connectivity index (χ0v) is 16.2. The first-order valence-electron chi connectivity index (χ1n) is 9.12. The van der Waals surface area contributed by atoms with Gasteiger partial charge in [0.15, 0.2) is 0 Å². The normalized spacial score (nSPS) is 21.6. The second-order valence-electron chi connectivity index (χ2n) is 7.36. The van der Waals surface area contributed by atoms with Crippen LogP contribution in [0.2, 0.25) is 0 Å². The molecule has 1 aromatic carbocycles. The lowest BCUT2D eigenvalue weighted by Crippen LogP contribution is -2.52. The Morgan fingerprint density at radius 3 is 2.48 bits per heavy atom. The molecule has 1 saturated heterocycles. The molecule has 0 saturated carbocycles. The summed E-state index contributed by atoms with van der Waals surface area (Å²) in [7, 11) is 0. The number of nitriles is 1. The minimum absolute atomic E-state index is 0.127. The fourth-order valence-electron chi connectivity index (χ4n) is 3.15. The van der Waals surface area contributed by atoms with Crippen LogP contribution in [0, 0.1) is 17.2 Å². The van der Waals surface area contributed by atoms with Gasteiger partial charge in [-0.15, -0.1) is 0 Å². The van der Waals surface area contributed by atoms with Crippen LogP contribution in [0.1, 0.15) is 46.1 Å². The molecule has 1 heterocycles. The molecule has 7 heteroatoms. The molecule has 2 atom stereocenters. The van der Waals surface area contributed by atoms with E-state index in [1.54, 1.807) is 19.1 Å². The van der Waals surface area contributed by atoms with Crippen molar-refractivity contribution in [2.24, 2.45) is 5.92 Å². The number of urea groups is 1. The summed E-state index contributed by atoms with van der Waals surface area (Å²) in [6.07, 6.45) is 1.11. The Balaban J connectivity index is 2.25. The number of hydrogen-bond donors (Lipinski definition) is 2. The van der Waals surface area contributed by atoms with E-state index >= 15 is 0 Å². The van der Waals surface area contributed by atoms with Crippen LogP contribution in [-0.4, -0.2) is 34.8 Å². The predicted octanol–water partition coefficient (Wildman–Crippen LogP) is 2.29. The van der Waals surface area contributed by atoms with Crippen LogP contribution in [0.3, 0.4) is 0 Å². The number of amides is 4. The second-order valence-corrected chi connectivity index (χ2v) is 7.36. The fraction of sp³-hybridized carbons (Fsp3) is 0.500. The van der Waals surface area contributed by atoms with Gasteiger partial charge in [-0.3, -0.25) is 14.5 Å². The summed E-state index contributed by atoms with van der Waals surface area (Å²) >= 11 is 0. The summed E-state index contributed by atoms with van der Waals surface area (Å²) < 4.78 is 0. The zero-order valence-electron chi connectivity index (χ0n) is 16.2. The molecular formula is C20H26N4O3. The van der Waals surface area contributed by atoms with Crippen LogP contribution >= 0.6 is 0 Å².